The Morgan fingerprint density at radius 2 is 1.62 bits per heavy atom. The molecule has 1 fully saturated rings. The molecule has 1 aliphatic rings. The van der Waals surface area contributed by atoms with E-state index >= 15 is 0 Å². The second-order valence-corrected chi connectivity index (χ2v) is 10.2. The van der Waals surface area contributed by atoms with Crippen LogP contribution < -0.4 is 0 Å². The van der Waals surface area contributed by atoms with Gasteiger partial charge in [0.15, 0.2) is 0 Å². The fraction of sp³-hybridized carbons (Fsp3) is 0.233. The molecule has 0 N–H and O–H groups in total. The van der Waals surface area contributed by atoms with Gasteiger partial charge in [0.1, 0.15) is 0 Å². The molecule has 0 spiro atoms. The van der Waals surface area contributed by atoms with Crippen LogP contribution in [0, 0.1) is 5.92 Å². The van der Waals surface area contributed by atoms with Crippen molar-refractivity contribution in [2.24, 2.45) is 5.92 Å². The molecule has 5 aromatic rings. The van der Waals surface area contributed by atoms with Crippen molar-refractivity contribution < 1.29 is 0 Å². The van der Waals surface area contributed by atoms with E-state index in [9.17, 15) is 0 Å². The molecule has 0 aliphatic heterocycles. The average molecular weight is 434 g/mol. The van der Waals surface area contributed by atoms with E-state index in [0.29, 0.717) is 0 Å². The second kappa shape index (κ2) is 8.52. The van der Waals surface area contributed by atoms with Crippen LogP contribution in [-0.4, -0.2) is 4.98 Å². The fourth-order valence-electron chi connectivity index (χ4n) is 5.28. The lowest BCUT2D eigenvalue weighted by Crippen LogP contribution is -2.09. The van der Waals surface area contributed by atoms with Crippen molar-refractivity contribution in [3.63, 3.8) is 0 Å². The predicted octanol–water partition coefficient (Wildman–Crippen LogP) is 8.91. The molecule has 2 aromatic heterocycles. The summed E-state index contributed by atoms with van der Waals surface area (Å²) in [4.78, 5) is 4.79. The van der Waals surface area contributed by atoms with Gasteiger partial charge in [0, 0.05) is 31.9 Å². The van der Waals surface area contributed by atoms with Crippen molar-refractivity contribution in [2.75, 3.05) is 0 Å². The summed E-state index contributed by atoms with van der Waals surface area (Å²) in [5.41, 5.74) is 6.35. The number of hydrogen-bond acceptors (Lipinski definition) is 2. The predicted molar refractivity (Wildman–Crippen MR) is 138 cm³/mol. The van der Waals surface area contributed by atoms with Crippen LogP contribution in [0.1, 0.15) is 37.7 Å². The van der Waals surface area contributed by atoms with E-state index in [1.165, 1.54) is 81.0 Å². The molecular weight excluding hydrogens is 406 g/mol. The normalized spacial score (nSPS) is 14.9. The number of fused-ring (bicyclic) bond motifs is 3. The maximum atomic E-state index is 4.79. The van der Waals surface area contributed by atoms with Crippen LogP contribution in [0.2, 0.25) is 0 Å². The van der Waals surface area contributed by atoms with Crippen LogP contribution in [-0.2, 0) is 6.42 Å². The Kier molecular flexibility index (Phi) is 5.24. The number of aromatic nitrogens is 1. The molecule has 1 saturated carbocycles. The highest BCUT2D eigenvalue weighted by Gasteiger charge is 2.16. The van der Waals surface area contributed by atoms with Gasteiger partial charge in [0.05, 0.1) is 5.69 Å². The Morgan fingerprint density at radius 1 is 0.750 bits per heavy atom. The van der Waals surface area contributed by atoms with Gasteiger partial charge >= 0.3 is 0 Å². The minimum atomic E-state index is 0.843. The summed E-state index contributed by atoms with van der Waals surface area (Å²) >= 11 is 1.89. The molecule has 158 valence electrons. The molecule has 0 unspecified atom stereocenters. The van der Waals surface area contributed by atoms with Gasteiger partial charge in [-0.2, -0.15) is 0 Å². The van der Waals surface area contributed by atoms with Crippen molar-refractivity contribution in [1.82, 2.24) is 4.98 Å². The van der Waals surface area contributed by atoms with E-state index in [-0.39, 0.29) is 0 Å². The molecule has 3 aromatic carbocycles. The Labute approximate surface area is 193 Å². The molecule has 0 saturated heterocycles. The zero-order valence-electron chi connectivity index (χ0n) is 18.3. The van der Waals surface area contributed by atoms with Crippen LogP contribution in [0.25, 0.3) is 42.6 Å². The maximum absolute atomic E-state index is 4.79. The summed E-state index contributed by atoms with van der Waals surface area (Å²) < 4.78 is 2.68. The van der Waals surface area contributed by atoms with Crippen LogP contribution in [0.15, 0.2) is 85.1 Å². The van der Waals surface area contributed by atoms with E-state index in [1.54, 1.807) is 0 Å². The van der Waals surface area contributed by atoms with Crippen molar-refractivity contribution in [3.8, 4) is 22.4 Å². The molecule has 32 heavy (non-hydrogen) atoms. The van der Waals surface area contributed by atoms with E-state index in [2.05, 4.69) is 78.9 Å². The first-order valence-electron chi connectivity index (χ1n) is 11.8. The third-order valence-corrected chi connectivity index (χ3v) is 8.16. The van der Waals surface area contributed by atoms with Gasteiger partial charge in [-0.1, -0.05) is 92.8 Å². The lowest BCUT2D eigenvalue weighted by Gasteiger charge is -2.21. The van der Waals surface area contributed by atoms with E-state index in [0.717, 1.165) is 11.6 Å². The Balaban J connectivity index is 1.41. The van der Waals surface area contributed by atoms with Gasteiger partial charge < -0.3 is 0 Å². The zero-order valence-corrected chi connectivity index (χ0v) is 19.1. The zero-order chi connectivity index (χ0) is 21.3. The molecule has 2 heteroatoms. The molecule has 6 rings (SSSR count). The highest BCUT2D eigenvalue weighted by atomic mass is 32.1. The first kappa shape index (κ1) is 19.7. The topological polar surface area (TPSA) is 12.9 Å². The largest absolute Gasteiger partial charge is 0.256 e. The van der Waals surface area contributed by atoms with Crippen molar-refractivity contribution in [3.05, 3.63) is 90.6 Å². The Hall–Kier alpha value is -2.97. The standard InChI is InChI=1S/C30H27NS/c1-3-8-21(9-4-1)18-22-16-17-31-28(19-22)27-13-7-12-26-25-15-14-24(20-29(25)32-30(26)27)23-10-5-2-6-11-23/h2,5-7,10-17,19-21H,1,3-4,8-9,18H2. The molecular formula is C30H27NS. The first-order valence-corrected chi connectivity index (χ1v) is 12.6. The third kappa shape index (κ3) is 3.73. The molecule has 0 bridgehead atoms. The smallest absolute Gasteiger partial charge is 0.0719 e. The molecule has 1 aliphatic carbocycles. The van der Waals surface area contributed by atoms with E-state index in [1.807, 2.05) is 17.5 Å². The third-order valence-electron chi connectivity index (χ3n) is 6.96. The summed E-state index contributed by atoms with van der Waals surface area (Å²) in [5, 5.41) is 2.67. The summed E-state index contributed by atoms with van der Waals surface area (Å²) in [5.74, 6) is 0.843. The van der Waals surface area contributed by atoms with Gasteiger partial charge in [0.25, 0.3) is 0 Å². The average Bonchev–Trinajstić information content (AvgIpc) is 3.23. The number of pyridine rings is 1. The Bertz CT molecular complexity index is 1380. The number of thiophene rings is 1. The van der Waals surface area contributed by atoms with Crippen LogP contribution in [0.3, 0.4) is 0 Å². The summed E-state index contributed by atoms with van der Waals surface area (Å²) in [6, 6.07) is 28.8. The molecule has 1 nitrogen and oxygen atoms in total. The van der Waals surface area contributed by atoms with Gasteiger partial charge in [0.2, 0.25) is 0 Å². The van der Waals surface area contributed by atoms with Crippen molar-refractivity contribution >= 4 is 31.5 Å². The molecule has 2 heterocycles. The van der Waals surface area contributed by atoms with Gasteiger partial charge in [-0.3, -0.25) is 4.98 Å². The van der Waals surface area contributed by atoms with Crippen LogP contribution in [0.4, 0.5) is 0 Å². The molecule has 0 radical (unpaired) electrons. The monoisotopic (exact) mass is 433 g/mol. The lowest BCUT2D eigenvalue weighted by molar-refractivity contribution is 0.356. The SMILES string of the molecule is c1ccc(-c2ccc3c(c2)sc2c(-c4cc(CC5CCCCC5)ccn4)cccc23)cc1. The fourth-order valence-corrected chi connectivity index (χ4v) is 6.55. The Morgan fingerprint density at radius 3 is 2.50 bits per heavy atom. The maximum Gasteiger partial charge on any atom is 0.0719 e. The molecule has 0 atom stereocenters. The second-order valence-electron chi connectivity index (χ2n) is 9.12. The molecule has 0 amide bonds. The van der Waals surface area contributed by atoms with Crippen molar-refractivity contribution in [2.45, 2.75) is 38.5 Å². The van der Waals surface area contributed by atoms with Gasteiger partial charge in [-0.05, 0) is 47.2 Å². The summed E-state index contributed by atoms with van der Waals surface area (Å²) in [6.45, 7) is 0. The van der Waals surface area contributed by atoms with Gasteiger partial charge in [-0.25, -0.2) is 0 Å². The highest BCUT2D eigenvalue weighted by Crippen LogP contribution is 2.41. The van der Waals surface area contributed by atoms with Crippen LogP contribution >= 0.6 is 11.3 Å². The summed E-state index contributed by atoms with van der Waals surface area (Å²) in [7, 11) is 0. The highest BCUT2D eigenvalue weighted by molar-refractivity contribution is 7.26. The lowest BCUT2D eigenvalue weighted by atomic mass is 9.85. The van der Waals surface area contributed by atoms with E-state index < -0.39 is 0 Å². The first-order chi connectivity index (χ1) is 15.8. The number of benzene rings is 3. The van der Waals surface area contributed by atoms with Crippen LogP contribution in [0.5, 0.6) is 0 Å². The van der Waals surface area contributed by atoms with Gasteiger partial charge in [-0.15, -0.1) is 11.3 Å². The number of rotatable bonds is 4. The number of nitrogens with zero attached hydrogens (tertiary/aromatic N) is 1. The number of hydrogen-bond donors (Lipinski definition) is 0. The quantitative estimate of drug-likeness (QED) is 0.276. The van der Waals surface area contributed by atoms with E-state index in [4.69, 9.17) is 4.98 Å². The van der Waals surface area contributed by atoms with Crippen molar-refractivity contribution in [1.29, 1.82) is 0 Å². The minimum Gasteiger partial charge on any atom is -0.256 e. The minimum absolute atomic E-state index is 0.843. The summed E-state index contributed by atoms with van der Waals surface area (Å²) in [6.07, 6.45) is 10.2.